The molecule has 2 aromatic heterocycles. The van der Waals surface area contributed by atoms with E-state index in [4.69, 9.17) is 14.2 Å². The number of carboxylic acid groups (broad SMARTS) is 1. The third-order valence-electron chi connectivity index (χ3n) is 6.74. The minimum atomic E-state index is -0.940. The first-order valence-corrected chi connectivity index (χ1v) is 11.9. The van der Waals surface area contributed by atoms with Crippen LogP contribution in [0.25, 0.3) is 11.3 Å². The summed E-state index contributed by atoms with van der Waals surface area (Å²) in [7, 11) is 0. The van der Waals surface area contributed by atoms with Crippen molar-refractivity contribution in [3.8, 4) is 17.1 Å². The minimum absolute atomic E-state index is 0.261. The Labute approximate surface area is 202 Å². The van der Waals surface area contributed by atoms with Gasteiger partial charge in [-0.2, -0.15) is 0 Å². The van der Waals surface area contributed by atoms with Crippen LogP contribution >= 0.6 is 0 Å². The highest BCUT2D eigenvalue weighted by Gasteiger charge is 2.33. The van der Waals surface area contributed by atoms with E-state index in [9.17, 15) is 9.90 Å². The van der Waals surface area contributed by atoms with E-state index in [0.29, 0.717) is 18.4 Å². The van der Waals surface area contributed by atoms with Crippen molar-refractivity contribution in [1.82, 2.24) is 10.1 Å². The number of aromatic carboxylic acids is 1. The highest BCUT2D eigenvalue weighted by Crippen LogP contribution is 2.44. The third kappa shape index (κ3) is 4.14. The summed E-state index contributed by atoms with van der Waals surface area (Å²) in [6, 6.07) is 17.1. The van der Waals surface area contributed by atoms with Crippen molar-refractivity contribution in [2.24, 2.45) is 0 Å². The lowest BCUT2D eigenvalue weighted by atomic mass is 10.0. The third-order valence-corrected chi connectivity index (χ3v) is 6.74. The van der Waals surface area contributed by atoms with Crippen molar-refractivity contribution in [3.05, 3.63) is 88.3 Å². The van der Waals surface area contributed by atoms with Crippen molar-refractivity contribution in [1.29, 1.82) is 0 Å². The summed E-state index contributed by atoms with van der Waals surface area (Å²) in [5, 5.41) is 17.1. The van der Waals surface area contributed by atoms with Crippen molar-refractivity contribution >= 4 is 17.3 Å². The van der Waals surface area contributed by atoms with Gasteiger partial charge in [0.05, 0.1) is 22.5 Å². The number of rotatable bonds is 6. The Kier molecular flexibility index (Phi) is 5.25. The first-order valence-electron chi connectivity index (χ1n) is 11.9. The van der Waals surface area contributed by atoms with Gasteiger partial charge in [-0.3, -0.25) is 0 Å². The standard InChI is InChI=1S/C28H25N3O4/c1-16-4-2-3-5-20(16)26-21(27(35-31-26)18-7-8-18)15-34-25-13-12-22-23(30-25)11-10-17-6-9-19(28(32)33)14-24(17)29-22/h2-6,9,12-14,18,29H,7-8,10-11,15H2,1H3,(H,32,33). The zero-order valence-electron chi connectivity index (χ0n) is 19.4. The van der Waals surface area contributed by atoms with Crippen LogP contribution in [0.4, 0.5) is 11.4 Å². The van der Waals surface area contributed by atoms with Crippen molar-refractivity contribution in [2.75, 3.05) is 5.32 Å². The smallest absolute Gasteiger partial charge is 0.335 e. The van der Waals surface area contributed by atoms with Crippen molar-refractivity contribution in [2.45, 2.75) is 45.1 Å². The molecule has 0 radical (unpaired) electrons. The molecule has 1 aliphatic carbocycles. The molecular formula is C28H25N3O4. The topological polar surface area (TPSA) is 97.5 Å². The molecule has 7 nitrogen and oxygen atoms in total. The lowest BCUT2D eigenvalue weighted by Crippen LogP contribution is -2.03. The van der Waals surface area contributed by atoms with Crippen LogP contribution in [-0.2, 0) is 19.4 Å². The van der Waals surface area contributed by atoms with Crippen LogP contribution in [0, 0.1) is 6.92 Å². The Morgan fingerprint density at radius 3 is 2.77 bits per heavy atom. The molecular weight excluding hydrogens is 442 g/mol. The highest BCUT2D eigenvalue weighted by molar-refractivity contribution is 5.89. The molecule has 35 heavy (non-hydrogen) atoms. The number of benzene rings is 2. The molecule has 176 valence electrons. The molecule has 1 saturated carbocycles. The van der Waals surface area contributed by atoms with E-state index in [0.717, 1.165) is 76.5 Å². The molecule has 2 aliphatic rings. The Hall–Kier alpha value is -4.13. The number of hydrogen-bond acceptors (Lipinski definition) is 6. The van der Waals surface area contributed by atoms with Crippen LogP contribution in [0.2, 0.25) is 0 Å². The lowest BCUT2D eigenvalue weighted by molar-refractivity contribution is 0.0697. The Bertz CT molecular complexity index is 1440. The maximum absolute atomic E-state index is 11.4. The second kappa shape index (κ2) is 8.58. The lowest BCUT2D eigenvalue weighted by Gasteiger charge is -2.12. The van der Waals surface area contributed by atoms with Gasteiger partial charge in [-0.05, 0) is 61.9 Å². The molecule has 0 amide bonds. The quantitative estimate of drug-likeness (QED) is 0.357. The number of aryl methyl sites for hydroxylation is 3. The van der Waals surface area contributed by atoms with Gasteiger partial charge in [0.2, 0.25) is 5.88 Å². The van der Waals surface area contributed by atoms with Gasteiger partial charge < -0.3 is 19.7 Å². The average Bonchev–Trinajstić information content (AvgIpc) is 3.65. The Balaban J connectivity index is 1.25. The monoisotopic (exact) mass is 467 g/mol. The average molecular weight is 468 g/mol. The van der Waals surface area contributed by atoms with Crippen LogP contribution < -0.4 is 10.1 Å². The SMILES string of the molecule is Cc1ccccc1-c1noc(C2CC2)c1COc1ccc2c(n1)CCc1ccc(C(=O)O)cc1N2. The predicted molar refractivity (Wildman–Crippen MR) is 131 cm³/mol. The second-order valence-corrected chi connectivity index (χ2v) is 9.20. The van der Waals surface area contributed by atoms with Gasteiger partial charge in [0, 0.05) is 23.2 Å². The summed E-state index contributed by atoms with van der Waals surface area (Å²) >= 11 is 0. The maximum atomic E-state index is 11.4. The molecule has 7 heteroatoms. The van der Waals surface area contributed by atoms with Gasteiger partial charge in [-0.1, -0.05) is 35.5 Å². The van der Waals surface area contributed by atoms with Gasteiger partial charge in [-0.25, -0.2) is 9.78 Å². The second-order valence-electron chi connectivity index (χ2n) is 9.20. The molecule has 0 saturated heterocycles. The molecule has 1 fully saturated rings. The summed E-state index contributed by atoms with van der Waals surface area (Å²) < 4.78 is 12.0. The molecule has 4 aromatic rings. The van der Waals surface area contributed by atoms with Crippen molar-refractivity contribution in [3.63, 3.8) is 0 Å². The molecule has 2 aromatic carbocycles. The zero-order valence-corrected chi connectivity index (χ0v) is 19.4. The van der Waals surface area contributed by atoms with Crippen LogP contribution in [0.1, 0.15) is 57.3 Å². The van der Waals surface area contributed by atoms with Crippen LogP contribution in [-0.4, -0.2) is 21.2 Å². The molecule has 0 unspecified atom stereocenters. The van der Waals surface area contributed by atoms with E-state index in [1.807, 2.05) is 30.3 Å². The molecule has 0 atom stereocenters. The van der Waals surface area contributed by atoms with E-state index >= 15 is 0 Å². The number of carboxylic acids is 1. The molecule has 0 bridgehead atoms. The highest BCUT2D eigenvalue weighted by atomic mass is 16.5. The first kappa shape index (κ1) is 21.4. The summed E-state index contributed by atoms with van der Waals surface area (Å²) in [5.41, 5.74) is 7.92. The fraction of sp³-hybridized carbons (Fsp3) is 0.250. The van der Waals surface area contributed by atoms with Crippen LogP contribution in [0.15, 0.2) is 59.1 Å². The van der Waals surface area contributed by atoms with Gasteiger partial charge in [0.25, 0.3) is 0 Å². The number of anilines is 2. The number of aromatic nitrogens is 2. The van der Waals surface area contributed by atoms with Crippen LogP contribution in [0.5, 0.6) is 5.88 Å². The molecule has 1 aliphatic heterocycles. The molecule has 6 rings (SSSR count). The van der Waals surface area contributed by atoms with E-state index in [1.165, 1.54) is 0 Å². The summed E-state index contributed by atoms with van der Waals surface area (Å²) in [6.07, 6.45) is 3.72. The number of pyridine rings is 1. The van der Waals surface area contributed by atoms with Gasteiger partial charge >= 0.3 is 5.97 Å². The van der Waals surface area contributed by atoms with Gasteiger partial charge in [-0.15, -0.1) is 0 Å². The summed E-state index contributed by atoms with van der Waals surface area (Å²) in [5.74, 6) is 0.938. The molecule has 3 heterocycles. The summed E-state index contributed by atoms with van der Waals surface area (Å²) in [6.45, 7) is 2.41. The number of nitrogens with zero attached hydrogens (tertiary/aromatic N) is 2. The fourth-order valence-electron chi connectivity index (χ4n) is 4.63. The number of carbonyl (C=O) groups is 1. The van der Waals surface area contributed by atoms with Crippen molar-refractivity contribution < 1.29 is 19.2 Å². The molecule has 0 spiro atoms. The maximum Gasteiger partial charge on any atom is 0.335 e. The van der Waals surface area contributed by atoms with E-state index in [2.05, 4.69) is 29.5 Å². The largest absolute Gasteiger partial charge is 0.478 e. The molecule has 2 N–H and O–H groups in total. The van der Waals surface area contributed by atoms with Gasteiger partial charge in [0.1, 0.15) is 18.1 Å². The Morgan fingerprint density at radius 1 is 1.11 bits per heavy atom. The number of hydrogen-bond donors (Lipinski definition) is 2. The van der Waals surface area contributed by atoms with Crippen LogP contribution in [0.3, 0.4) is 0 Å². The van der Waals surface area contributed by atoms with E-state index in [-0.39, 0.29) is 5.56 Å². The predicted octanol–water partition coefficient (Wildman–Crippen LogP) is 6.04. The van der Waals surface area contributed by atoms with Gasteiger partial charge in [0.15, 0.2) is 0 Å². The number of fused-ring (bicyclic) bond motifs is 2. The minimum Gasteiger partial charge on any atom is -0.478 e. The Morgan fingerprint density at radius 2 is 1.97 bits per heavy atom. The normalized spacial score (nSPS) is 14.4. The fourth-order valence-corrected chi connectivity index (χ4v) is 4.63. The summed E-state index contributed by atoms with van der Waals surface area (Å²) in [4.78, 5) is 16.1. The zero-order chi connectivity index (χ0) is 23.9. The first-order chi connectivity index (χ1) is 17.1. The number of nitrogens with one attached hydrogen (secondary N) is 1. The number of ether oxygens (including phenoxy) is 1. The van der Waals surface area contributed by atoms with E-state index < -0.39 is 5.97 Å². The van der Waals surface area contributed by atoms with E-state index in [1.54, 1.807) is 12.1 Å².